The lowest BCUT2D eigenvalue weighted by Gasteiger charge is -2.35. The number of aryl methyl sites for hydroxylation is 1. The van der Waals surface area contributed by atoms with Crippen LogP contribution in [-0.2, 0) is 12.1 Å². The van der Waals surface area contributed by atoms with Crippen LogP contribution in [0.1, 0.15) is 24.2 Å². The van der Waals surface area contributed by atoms with Gasteiger partial charge in [-0.25, -0.2) is 18.4 Å². The summed E-state index contributed by atoms with van der Waals surface area (Å²) in [6.45, 7) is 3.54. The van der Waals surface area contributed by atoms with E-state index in [2.05, 4.69) is 15.2 Å². The zero-order chi connectivity index (χ0) is 19.9. The maximum Gasteiger partial charge on any atom is 0.137 e. The minimum atomic E-state index is -1.76. The fourth-order valence-corrected chi connectivity index (χ4v) is 3.59. The molecule has 6 nitrogen and oxygen atoms in total. The summed E-state index contributed by atoms with van der Waals surface area (Å²) < 4.78 is 31.3. The summed E-state index contributed by atoms with van der Waals surface area (Å²) in [4.78, 5) is 3.89. The molecule has 4 rings (SSSR count). The first-order valence-electron chi connectivity index (χ1n) is 8.84. The van der Waals surface area contributed by atoms with Crippen LogP contribution in [-0.4, -0.2) is 29.7 Å². The topological polar surface area (TPSA) is 68.8 Å². The van der Waals surface area contributed by atoms with E-state index in [0.717, 1.165) is 28.7 Å². The van der Waals surface area contributed by atoms with Gasteiger partial charge in [0, 0.05) is 17.0 Å². The lowest BCUT2D eigenvalue weighted by Crippen LogP contribution is -2.41. The smallest absolute Gasteiger partial charge is 0.137 e. The number of benzene rings is 2. The van der Waals surface area contributed by atoms with E-state index in [9.17, 15) is 13.9 Å². The molecule has 4 aromatic rings. The Morgan fingerprint density at radius 3 is 2.68 bits per heavy atom. The number of para-hydroxylation sites is 1. The Bertz CT molecular complexity index is 1130. The Labute approximate surface area is 160 Å². The molecule has 0 bridgehead atoms. The third-order valence-electron chi connectivity index (χ3n) is 5.12. The second-order valence-corrected chi connectivity index (χ2v) is 6.86. The van der Waals surface area contributed by atoms with E-state index >= 15 is 0 Å². The number of fused-ring (bicyclic) bond motifs is 1. The van der Waals surface area contributed by atoms with Gasteiger partial charge >= 0.3 is 0 Å². The summed E-state index contributed by atoms with van der Waals surface area (Å²) >= 11 is 0. The van der Waals surface area contributed by atoms with Crippen LogP contribution in [0.2, 0.25) is 0 Å². The van der Waals surface area contributed by atoms with Crippen molar-refractivity contribution >= 4 is 10.9 Å². The van der Waals surface area contributed by atoms with Crippen LogP contribution in [0.5, 0.6) is 0 Å². The van der Waals surface area contributed by atoms with Gasteiger partial charge in [-0.05, 0) is 26.0 Å². The molecule has 8 heteroatoms. The summed E-state index contributed by atoms with van der Waals surface area (Å²) in [6, 6.07) is 10.1. The Morgan fingerprint density at radius 1 is 1.18 bits per heavy atom. The van der Waals surface area contributed by atoms with E-state index in [1.54, 1.807) is 11.6 Å². The Morgan fingerprint density at radius 2 is 1.96 bits per heavy atom. The molecule has 0 aliphatic rings. The zero-order valence-electron chi connectivity index (χ0n) is 15.4. The van der Waals surface area contributed by atoms with Crippen LogP contribution in [0.4, 0.5) is 8.78 Å². The van der Waals surface area contributed by atoms with Crippen LogP contribution < -0.4 is 0 Å². The number of nitrogens with zero attached hydrogens (tertiary/aromatic N) is 5. The number of rotatable bonds is 5. The van der Waals surface area contributed by atoms with Crippen molar-refractivity contribution in [2.45, 2.75) is 32.0 Å². The average molecular weight is 383 g/mol. The molecule has 28 heavy (non-hydrogen) atoms. The Hall–Kier alpha value is -3.13. The van der Waals surface area contributed by atoms with E-state index in [-0.39, 0.29) is 12.1 Å². The molecule has 2 atom stereocenters. The first-order chi connectivity index (χ1) is 13.4. The maximum atomic E-state index is 14.7. The van der Waals surface area contributed by atoms with E-state index in [1.807, 2.05) is 31.2 Å². The third kappa shape index (κ3) is 2.95. The van der Waals surface area contributed by atoms with Gasteiger partial charge in [0.2, 0.25) is 0 Å². The summed E-state index contributed by atoms with van der Waals surface area (Å²) in [6.07, 6.45) is 2.77. The minimum absolute atomic E-state index is 0.0332. The quantitative estimate of drug-likeness (QED) is 0.574. The van der Waals surface area contributed by atoms with Gasteiger partial charge in [-0.3, -0.25) is 4.68 Å². The summed E-state index contributed by atoms with van der Waals surface area (Å²) in [5.41, 5.74) is -0.182. The molecule has 2 aromatic carbocycles. The minimum Gasteiger partial charge on any atom is -0.381 e. The van der Waals surface area contributed by atoms with Crippen LogP contribution in [0.25, 0.3) is 10.9 Å². The molecule has 0 amide bonds. The summed E-state index contributed by atoms with van der Waals surface area (Å²) in [7, 11) is 0. The fraction of sp³-hybridized carbons (Fsp3) is 0.250. The van der Waals surface area contributed by atoms with Crippen LogP contribution in [0.15, 0.2) is 55.1 Å². The first-order valence-corrected chi connectivity index (χ1v) is 8.84. The molecule has 0 unspecified atom stereocenters. The first kappa shape index (κ1) is 18.2. The molecule has 0 radical (unpaired) electrons. The molecule has 0 aliphatic carbocycles. The van der Waals surface area contributed by atoms with Crippen LogP contribution in [0.3, 0.4) is 0 Å². The fourth-order valence-electron chi connectivity index (χ4n) is 3.59. The van der Waals surface area contributed by atoms with Crippen molar-refractivity contribution in [3.05, 3.63) is 78.0 Å². The molecular formula is C20H19F2N5O. The molecule has 2 heterocycles. The van der Waals surface area contributed by atoms with Gasteiger partial charge in [-0.2, -0.15) is 10.2 Å². The van der Waals surface area contributed by atoms with Crippen molar-refractivity contribution in [2.24, 2.45) is 0 Å². The van der Waals surface area contributed by atoms with Crippen molar-refractivity contribution in [1.29, 1.82) is 0 Å². The van der Waals surface area contributed by atoms with E-state index in [4.69, 9.17) is 0 Å². The molecule has 0 saturated carbocycles. The normalized spacial score (nSPS) is 14.9. The van der Waals surface area contributed by atoms with Gasteiger partial charge in [0.1, 0.15) is 29.9 Å². The predicted octanol–water partition coefficient (Wildman–Crippen LogP) is 3.36. The molecule has 0 spiro atoms. The largest absolute Gasteiger partial charge is 0.381 e. The van der Waals surface area contributed by atoms with Crippen molar-refractivity contribution in [1.82, 2.24) is 24.5 Å². The Balaban J connectivity index is 1.89. The van der Waals surface area contributed by atoms with Crippen LogP contribution >= 0.6 is 0 Å². The van der Waals surface area contributed by atoms with Gasteiger partial charge < -0.3 is 5.11 Å². The molecule has 0 saturated heterocycles. The molecule has 0 fully saturated rings. The highest BCUT2D eigenvalue weighted by atomic mass is 19.1. The van der Waals surface area contributed by atoms with Gasteiger partial charge in [0.15, 0.2) is 0 Å². The molecule has 144 valence electrons. The standard InChI is InChI=1S/C20H19F2N5O/c1-13-16-5-3-4-6-19(16)27(25-13)14(2)20(28,10-26-12-23-11-24-26)17-8-7-15(21)9-18(17)22/h3-9,11-12,14,28H,10H2,1-2H3/t14-,20-/m1/s1. The second kappa shape index (κ2) is 6.79. The van der Waals surface area contributed by atoms with Gasteiger partial charge in [-0.15, -0.1) is 0 Å². The van der Waals surface area contributed by atoms with Crippen molar-refractivity contribution in [3.8, 4) is 0 Å². The SMILES string of the molecule is Cc1nn([C@H](C)[C@](O)(Cn2cncn2)c2ccc(F)cc2F)c2ccccc12. The van der Waals surface area contributed by atoms with Crippen LogP contribution in [0, 0.1) is 18.6 Å². The highest BCUT2D eigenvalue weighted by molar-refractivity contribution is 5.81. The average Bonchev–Trinajstić information content (AvgIpc) is 3.29. The van der Waals surface area contributed by atoms with E-state index < -0.39 is 23.3 Å². The van der Waals surface area contributed by atoms with Crippen molar-refractivity contribution in [3.63, 3.8) is 0 Å². The molecular weight excluding hydrogens is 364 g/mol. The van der Waals surface area contributed by atoms with Gasteiger partial charge in [-0.1, -0.05) is 24.3 Å². The lowest BCUT2D eigenvalue weighted by molar-refractivity contribution is -0.0355. The highest BCUT2D eigenvalue weighted by Crippen LogP contribution is 2.38. The molecule has 0 aliphatic heterocycles. The van der Waals surface area contributed by atoms with E-state index in [1.165, 1.54) is 23.4 Å². The van der Waals surface area contributed by atoms with Crippen molar-refractivity contribution in [2.75, 3.05) is 0 Å². The highest BCUT2D eigenvalue weighted by Gasteiger charge is 2.41. The van der Waals surface area contributed by atoms with E-state index in [0.29, 0.717) is 0 Å². The number of aromatic nitrogens is 5. The molecule has 2 aromatic heterocycles. The predicted molar refractivity (Wildman–Crippen MR) is 99.5 cm³/mol. The summed E-state index contributed by atoms with van der Waals surface area (Å²) in [5.74, 6) is -1.54. The maximum absolute atomic E-state index is 14.7. The Kier molecular flexibility index (Phi) is 4.43. The molecule has 1 N–H and O–H groups in total. The number of hydrogen-bond acceptors (Lipinski definition) is 4. The van der Waals surface area contributed by atoms with Crippen molar-refractivity contribution < 1.29 is 13.9 Å². The number of hydrogen-bond donors (Lipinski definition) is 1. The summed E-state index contributed by atoms with van der Waals surface area (Å²) in [5, 5.41) is 21.3. The van der Waals surface area contributed by atoms with Gasteiger partial charge in [0.05, 0.1) is 23.8 Å². The second-order valence-electron chi connectivity index (χ2n) is 6.86. The van der Waals surface area contributed by atoms with Gasteiger partial charge in [0.25, 0.3) is 0 Å². The third-order valence-corrected chi connectivity index (χ3v) is 5.12. The zero-order valence-corrected chi connectivity index (χ0v) is 15.4. The number of aliphatic hydroxyl groups is 1. The monoisotopic (exact) mass is 383 g/mol. The number of halogens is 2. The lowest BCUT2D eigenvalue weighted by atomic mass is 9.86.